The number of hydrogen-bond acceptors (Lipinski definition) is 5. The minimum atomic E-state index is -0.161. The molecule has 1 aliphatic rings. The molecule has 0 aliphatic carbocycles. The van der Waals surface area contributed by atoms with Crippen LogP contribution in [-0.4, -0.2) is 47.0 Å². The maximum Gasteiger partial charge on any atom is 0.270 e. The smallest absolute Gasteiger partial charge is 0.270 e. The number of benzene rings is 1. The van der Waals surface area contributed by atoms with Crippen LogP contribution in [0.4, 0.5) is 5.69 Å². The van der Waals surface area contributed by atoms with Crippen LogP contribution >= 0.6 is 0 Å². The van der Waals surface area contributed by atoms with Gasteiger partial charge in [-0.1, -0.05) is 30.3 Å². The third kappa shape index (κ3) is 5.18. The van der Waals surface area contributed by atoms with Gasteiger partial charge in [0.15, 0.2) is 0 Å². The lowest BCUT2D eigenvalue weighted by Gasteiger charge is -2.36. The summed E-state index contributed by atoms with van der Waals surface area (Å²) in [5.41, 5.74) is 3.86. The molecular weight excluding hydrogens is 362 g/mol. The van der Waals surface area contributed by atoms with E-state index in [-0.39, 0.29) is 5.91 Å². The first-order valence-corrected chi connectivity index (χ1v) is 9.92. The highest BCUT2D eigenvalue weighted by molar-refractivity contribution is 5.93. The molecule has 148 valence electrons. The van der Waals surface area contributed by atoms with Crippen LogP contribution in [0, 0.1) is 0 Å². The number of aromatic nitrogens is 2. The van der Waals surface area contributed by atoms with Crippen LogP contribution in [0.15, 0.2) is 73.2 Å². The number of anilines is 1. The molecule has 1 saturated heterocycles. The van der Waals surface area contributed by atoms with Crippen molar-refractivity contribution in [3.8, 4) is 0 Å². The molecule has 1 fully saturated rings. The van der Waals surface area contributed by atoms with Crippen molar-refractivity contribution < 1.29 is 4.79 Å². The van der Waals surface area contributed by atoms with Crippen LogP contribution in [0.1, 0.15) is 21.6 Å². The fourth-order valence-electron chi connectivity index (χ4n) is 3.52. The zero-order valence-electron chi connectivity index (χ0n) is 16.4. The molecule has 1 aliphatic heterocycles. The third-order valence-corrected chi connectivity index (χ3v) is 5.17. The van der Waals surface area contributed by atoms with Crippen molar-refractivity contribution in [3.05, 3.63) is 90.0 Å². The number of rotatable bonds is 6. The Kier molecular flexibility index (Phi) is 6.12. The van der Waals surface area contributed by atoms with E-state index in [0.717, 1.165) is 44.0 Å². The highest BCUT2D eigenvalue weighted by Crippen LogP contribution is 2.18. The molecule has 2 aromatic heterocycles. The largest absolute Gasteiger partial charge is 0.369 e. The predicted molar refractivity (Wildman–Crippen MR) is 114 cm³/mol. The van der Waals surface area contributed by atoms with E-state index < -0.39 is 0 Å². The van der Waals surface area contributed by atoms with Gasteiger partial charge in [0.2, 0.25) is 0 Å². The van der Waals surface area contributed by atoms with Gasteiger partial charge in [-0.15, -0.1) is 0 Å². The Bertz CT molecular complexity index is 924. The predicted octanol–water partition coefficient (Wildman–Crippen LogP) is 2.73. The standard InChI is InChI=1S/C23H25N5O/c29-23(26-17-19-6-9-24-10-7-19)22-16-21(8-11-25-22)28-14-12-27(13-15-28)18-20-4-2-1-3-5-20/h1-11,16H,12-15,17-18H2,(H,26,29). The zero-order chi connectivity index (χ0) is 19.9. The van der Waals surface area contributed by atoms with E-state index in [2.05, 4.69) is 55.4 Å². The summed E-state index contributed by atoms with van der Waals surface area (Å²) in [5, 5.41) is 2.92. The lowest BCUT2D eigenvalue weighted by molar-refractivity contribution is 0.0946. The van der Waals surface area contributed by atoms with Gasteiger partial charge in [-0.05, 0) is 35.4 Å². The van der Waals surface area contributed by atoms with E-state index in [4.69, 9.17) is 0 Å². The molecule has 0 atom stereocenters. The minimum absolute atomic E-state index is 0.161. The number of pyridine rings is 2. The van der Waals surface area contributed by atoms with Crippen molar-refractivity contribution in [2.75, 3.05) is 31.1 Å². The van der Waals surface area contributed by atoms with Gasteiger partial charge in [-0.2, -0.15) is 0 Å². The molecule has 6 nitrogen and oxygen atoms in total. The molecule has 0 unspecified atom stereocenters. The molecule has 4 rings (SSSR count). The fourth-order valence-corrected chi connectivity index (χ4v) is 3.52. The molecule has 0 radical (unpaired) electrons. The van der Waals surface area contributed by atoms with Gasteiger partial charge in [-0.3, -0.25) is 19.7 Å². The van der Waals surface area contributed by atoms with E-state index in [0.29, 0.717) is 12.2 Å². The molecule has 0 spiro atoms. The maximum absolute atomic E-state index is 12.5. The Labute approximate surface area is 171 Å². The minimum Gasteiger partial charge on any atom is -0.369 e. The van der Waals surface area contributed by atoms with Crippen LogP contribution in [0.25, 0.3) is 0 Å². The normalized spacial score (nSPS) is 14.6. The molecule has 29 heavy (non-hydrogen) atoms. The van der Waals surface area contributed by atoms with Crippen molar-refractivity contribution in [2.45, 2.75) is 13.1 Å². The zero-order valence-corrected chi connectivity index (χ0v) is 16.4. The Morgan fingerprint density at radius 1 is 0.897 bits per heavy atom. The SMILES string of the molecule is O=C(NCc1ccncc1)c1cc(N2CCN(Cc3ccccc3)CC2)ccn1. The van der Waals surface area contributed by atoms with Crippen LogP contribution in [0.5, 0.6) is 0 Å². The number of carbonyl (C=O) groups is 1. The van der Waals surface area contributed by atoms with Gasteiger partial charge < -0.3 is 10.2 Å². The molecule has 3 heterocycles. The number of nitrogens with one attached hydrogen (secondary N) is 1. The van der Waals surface area contributed by atoms with E-state index >= 15 is 0 Å². The number of amides is 1. The molecule has 3 aromatic rings. The van der Waals surface area contributed by atoms with Gasteiger partial charge in [-0.25, -0.2) is 0 Å². The molecule has 1 amide bonds. The second-order valence-corrected chi connectivity index (χ2v) is 7.19. The second-order valence-electron chi connectivity index (χ2n) is 7.19. The number of piperazine rings is 1. The second kappa shape index (κ2) is 9.30. The van der Waals surface area contributed by atoms with Crippen molar-refractivity contribution in [1.29, 1.82) is 0 Å². The van der Waals surface area contributed by atoms with E-state index in [1.54, 1.807) is 18.6 Å². The highest BCUT2D eigenvalue weighted by Gasteiger charge is 2.18. The van der Waals surface area contributed by atoms with Crippen LogP contribution < -0.4 is 10.2 Å². The van der Waals surface area contributed by atoms with Gasteiger partial charge in [0.25, 0.3) is 5.91 Å². The van der Waals surface area contributed by atoms with E-state index in [1.165, 1.54) is 5.56 Å². The Morgan fingerprint density at radius 3 is 2.41 bits per heavy atom. The Hall–Kier alpha value is -3.25. The van der Waals surface area contributed by atoms with Crippen LogP contribution in [0.3, 0.4) is 0 Å². The highest BCUT2D eigenvalue weighted by atomic mass is 16.1. The van der Waals surface area contributed by atoms with E-state index in [9.17, 15) is 4.79 Å². The summed E-state index contributed by atoms with van der Waals surface area (Å²) in [5.74, 6) is -0.161. The number of carbonyl (C=O) groups excluding carboxylic acids is 1. The lowest BCUT2D eigenvalue weighted by atomic mass is 10.2. The number of hydrogen-bond donors (Lipinski definition) is 1. The Morgan fingerprint density at radius 2 is 1.66 bits per heavy atom. The van der Waals surface area contributed by atoms with Crippen molar-refractivity contribution >= 4 is 11.6 Å². The van der Waals surface area contributed by atoms with Crippen molar-refractivity contribution in [2.24, 2.45) is 0 Å². The van der Waals surface area contributed by atoms with Crippen LogP contribution in [-0.2, 0) is 13.1 Å². The molecule has 1 aromatic carbocycles. The summed E-state index contributed by atoms with van der Waals surface area (Å²) >= 11 is 0. The summed E-state index contributed by atoms with van der Waals surface area (Å²) in [6.07, 6.45) is 5.16. The summed E-state index contributed by atoms with van der Waals surface area (Å²) in [7, 11) is 0. The topological polar surface area (TPSA) is 61.4 Å². The quantitative estimate of drug-likeness (QED) is 0.705. The first kappa shape index (κ1) is 19.1. The first-order valence-electron chi connectivity index (χ1n) is 9.92. The Balaban J connectivity index is 1.32. The molecule has 6 heteroatoms. The van der Waals surface area contributed by atoms with Crippen molar-refractivity contribution in [1.82, 2.24) is 20.2 Å². The van der Waals surface area contributed by atoms with Gasteiger partial charge >= 0.3 is 0 Å². The van der Waals surface area contributed by atoms with Gasteiger partial charge in [0, 0.05) is 63.5 Å². The summed E-state index contributed by atoms with van der Waals surface area (Å²) in [6, 6.07) is 18.2. The van der Waals surface area contributed by atoms with E-state index in [1.807, 2.05) is 24.3 Å². The number of nitrogens with zero attached hydrogens (tertiary/aromatic N) is 4. The molecule has 0 saturated carbocycles. The van der Waals surface area contributed by atoms with Gasteiger partial charge in [0.1, 0.15) is 5.69 Å². The lowest BCUT2D eigenvalue weighted by Crippen LogP contribution is -2.46. The van der Waals surface area contributed by atoms with Gasteiger partial charge in [0.05, 0.1) is 0 Å². The molecule has 1 N–H and O–H groups in total. The average Bonchev–Trinajstić information content (AvgIpc) is 2.79. The molecule has 0 bridgehead atoms. The maximum atomic E-state index is 12.5. The van der Waals surface area contributed by atoms with Crippen molar-refractivity contribution in [3.63, 3.8) is 0 Å². The molecular formula is C23H25N5O. The summed E-state index contributed by atoms with van der Waals surface area (Å²) in [4.78, 5) is 25.5. The van der Waals surface area contributed by atoms with Crippen LogP contribution in [0.2, 0.25) is 0 Å². The average molecular weight is 387 g/mol. The first-order chi connectivity index (χ1) is 14.3. The fraction of sp³-hybridized carbons (Fsp3) is 0.261. The summed E-state index contributed by atoms with van der Waals surface area (Å²) in [6.45, 7) is 5.32. The third-order valence-electron chi connectivity index (χ3n) is 5.17. The monoisotopic (exact) mass is 387 g/mol. The summed E-state index contributed by atoms with van der Waals surface area (Å²) < 4.78 is 0.